The minimum atomic E-state index is 0.124. The lowest BCUT2D eigenvalue weighted by Crippen LogP contribution is -2.39. The second-order valence-corrected chi connectivity index (χ2v) is 6.92. The van der Waals surface area contributed by atoms with Gasteiger partial charge in [-0.25, -0.2) is 0 Å². The molecule has 2 rings (SSSR count). The number of amides is 1. The summed E-state index contributed by atoms with van der Waals surface area (Å²) in [6.07, 6.45) is 1.97. The number of nitrogens with zero attached hydrogens (tertiary/aromatic N) is 2. The smallest absolute Gasteiger partial charge is 0.225 e. The number of carbonyl (C=O) groups is 1. The maximum absolute atomic E-state index is 12.1. The van der Waals surface area contributed by atoms with Gasteiger partial charge in [0.05, 0.1) is 13.2 Å². The maximum atomic E-state index is 12.1. The van der Waals surface area contributed by atoms with Gasteiger partial charge in [-0.15, -0.1) is 0 Å². The van der Waals surface area contributed by atoms with Crippen LogP contribution in [-0.4, -0.2) is 56.1 Å². The second-order valence-electron chi connectivity index (χ2n) is 6.92. The molecule has 5 nitrogen and oxygen atoms in total. The zero-order valence-corrected chi connectivity index (χ0v) is 15.5. The molecule has 1 aromatic rings. The van der Waals surface area contributed by atoms with Crippen LogP contribution in [0.15, 0.2) is 18.2 Å². The summed E-state index contributed by atoms with van der Waals surface area (Å²) in [6.45, 7) is 6.78. The van der Waals surface area contributed by atoms with Gasteiger partial charge < -0.3 is 14.4 Å². The van der Waals surface area contributed by atoms with E-state index in [1.54, 1.807) is 12.0 Å². The van der Waals surface area contributed by atoms with E-state index < -0.39 is 0 Å². The molecule has 0 aromatic heterocycles. The summed E-state index contributed by atoms with van der Waals surface area (Å²) in [5, 5.41) is 0. The van der Waals surface area contributed by atoms with Crippen LogP contribution in [0, 0.1) is 5.92 Å². The van der Waals surface area contributed by atoms with Crippen molar-refractivity contribution >= 4 is 5.91 Å². The molecule has 0 radical (unpaired) electrons. The molecule has 1 saturated heterocycles. The van der Waals surface area contributed by atoms with E-state index in [1.165, 1.54) is 5.56 Å². The molecule has 134 valence electrons. The van der Waals surface area contributed by atoms with Gasteiger partial charge in [0.25, 0.3) is 0 Å². The summed E-state index contributed by atoms with van der Waals surface area (Å²) in [5.74, 6) is 2.11. The zero-order valence-electron chi connectivity index (χ0n) is 15.5. The molecule has 0 atom stereocenters. The number of rotatable bonds is 6. The van der Waals surface area contributed by atoms with Gasteiger partial charge in [-0.1, -0.05) is 6.07 Å². The summed E-state index contributed by atoms with van der Waals surface area (Å²) in [6, 6.07) is 6.01. The highest BCUT2D eigenvalue weighted by Gasteiger charge is 2.26. The van der Waals surface area contributed by atoms with Crippen molar-refractivity contribution in [2.24, 2.45) is 5.92 Å². The number of hydrogen-bond donors (Lipinski definition) is 0. The molecule has 1 heterocycles. The monoisotopic (exact) mass is 334 g/mol. The quantitative estimate of drug-likeness (QED) is 0.802. The van der Waals surface area contributed by atoms with Crippen molar-refractivity contribution in [1.29, 1.82) is 0 Å². The first kappa shape index (κ1) is 18.6. The van der Waals surface area contributed by atoms with E-state index in [2.05, 4.69) is 11.0 Å². The number of methoxy groups -OCH3 is 1. The SMILES string of the molecule is COc1ccc(CN2CCC(C(=O)N(C)C)CC2)c(OC(C)C)c1. The third kappa shape index (κ3) is 4.87. The van der Waals surface area contributed by atoms with Gasteiger partial charge in [0.1, 0.15) is 11.5 Å². The van der Waals surface area contributed by atoms with Crippen molar-refractivity contribution < 1.29 is 14.3 Å². The van der Waals surface area contributed by atoms with Crippen LogP contribution in [0.2, 0.25) is 0 Å². The molecule has 0 spiro atoms. The van der Waals surface area contributed by atoms with E-state index in [9.17, 15) is 4.79 Å². The predicted octanol–water partition coefficient (Wildman–Crippen LogP) is 2.78. The topological polar surface area (TPSA) is 42.0 Å². The van der Waals surface area contributed by atoms with Crippen molar-refractivity contribution in [3.05, 3.63) is 23.8 Å². The predicted molar refractivity (Wildman–Crippen MR) is 95.5 cm³/mol. The standard InChI is InChI=1S/C19H30N2O3/c1-14(2)24-18-12-17(23-5)7-6-16(18)13-21-10-8-15(9-11-21)19(22)20(3)4/h6-7,12,14-15H,8-11,13H2,1-5H3. The average Bonchev–Trinajstić information content (AvgIpc) is 2.55. The van der Waals surface area contributed by atoms with Crippen molar-refractivity contribution in [2.45, 2.75) is 39.3 Å². The molecular weight excluding hydrogens is 304 g/mol. The van der Waals surface area contributed by atoms with Crippen molar-refractivity contribution in [2.75, 3.05) is 34.3 Å². The lowest BCUT2D eigenvalue weighted by molar-refractivity contribution is -0.134. The fourth-order valence-electron chi connectivity index (χ4n) is 3.10. The normalized spacial score (nSPS) is 16.2. The lowest BCUT2D eigenvalue weighted by Gasteiger charge is -2.32. The Morgan fingerprint density at radius 3 is 2.50 bits per heavy atom. The van der Waals surface area contributed by atoms with Crippen LogP contribution in [0.4, 0.5) is 0 Å². The van der Waals surface area contributed by atoms with Crippen LogP contribution in [-0.2, 0) is 11.3 Å². The third-order valence-electron chi connectivity index (χ3n) is 4.41. The van der Waals surface area contributed by atoms with Gasteiger partial charge in [0.15, 0.2) is 0 Å². The Kier molecular flexibility index (Phi) is 6.49. The van der Waals surface area contributed by atoms with Crippen LogP contribution < -0.4 is 9.47 Å². The van der Waals surface area contributed by atoms with Gasteiger partial charge in [-0.05, 0) is 45.8 Å². The fourth-order valence-corrected chi connectivity index (χ4v) is 3.10. The third-order valence-corrected chi connectivity index (χ3v) is 4.41. The maximum Gasteiger partial charge on any atom is 0.225 e. The first-order chi connectivity index (χ1) is 11.4. The summed E-state index contributed by atoms with van der Waals surface area (Å²) >= 11 is 0. The molecule has 1 aliphatic heterocycles. The molecule has 1 amide bonds. The number of likely N-dealkylation sites (tertiary alicyclic amines) is 1. The number of carbonyl (C=O) groups excluding carboxylic acids is 1. The summed E-state index contributed by atoms with van der Waals surface area (Å²) in [4.78, 5) is 16.2. The van der Waals surface area contributed by atoms with Crippen molar-refractivity contribution in [3.63, 3.8) is 0 Å². The van der Waals surface area contributed by atoms with Crippen LogP contribution in [0.25, 0.3) is 0 Å². The molecule has 24 heavy (non-hydrogen) atoms. The largest absolute Gasteiger partial charge is 0.497 e. The van der Waals surface area contributed by atoms with Gasteiger partial charge in [-0.3, -0.25) is 9.69 Å². The van der Waals surface area contributed by atoms with E-state index in [0.29, 0.717) is 0 Å². The molecule has 1 aliphatic rings. The fraction of sp³-hybridized carbons (Fsp3) is 0.632. The molecule has 0 unspecified atom stereocenters. The molecule has 1 fully saturated rings. The average molecular weight is 334 g/mol. The van der Waals surface area contributed by atoms with E-state index in [0.717, 1.165) is 44.0 Å². The van der Waals surface area contributed by atoms with Gasteiger partial charge in [0, 0.05) is 38.2 Å². The highest BCUT2D eigenvalue weighted by molar-refractivity contribution is 5.78. The highest BCUT2D eigenvalue weighted by atomic mass is 16.5. The summed E-state index contributed by atoms with van der Waals surface area (Å²) in [5.41, 5.74) is 1.17. The number of benzene rings is 1. The van der Waals surface area contributed by atoms with Gasteiger partial charge >= 0.3 is 0 Å². The van der Waals surface area contributed by atoms with Crippen LogP contribution in [0.3, 0.4) is 0 Å². The number of piperidine rings is 1. The molecule has 0 aliphatic carbocycles. The Morgan fingerprint density at radius 2 is 1.96 bits per heavy atom. The van der Waals surface area contributed by atoms with Gasteiger partial charge in [-0.2, -0.15) is 0 Å². The van der Waals surface area contributed by atoms with E-state index >= 15 is 0 Å². The Hall–Kier alpha value is -1.75. The number of hydrogen-bond acceptors (Lipinski definition) is 4. The van der Waals surface area contributed by atoms with E-state index in [-0.39, 0.29) is 17.9 Å². The minimum absolute atomic E-state index is 0.124. The van der Waals surface area contributed by atoms with Gasteiger partial charge in [0.2, 0.25) is 5.91 Å². The molecule has 5 heteroatoms. The Labute approximate surface area is 145 Å². The summed E-state index contributed by atoms with van der Waals surface area (Å²) < 4.78 is 11.3. The van der Waals surface area contributed by atoms with Crippen LogP contribution >= 0.6 is 0 Å². The lowest BCUT2D eigenvalue weighted by atomic mass is 9.95. The molecule has 0 saturated carbocycles. The Balaban J connectivity index is 2.00. The Bertz CT molecular complexity index is 550. The molecule has 1 aromatic carbocycles. The zero-order chi connectivity index (χ0) is 17.7. The van der Waals surface area contributed by atoms with E-state index in [1.807, 2.05) is 40.1 Å². The first-order valence-electron chi connectivity index (χ1n) is 8.67. The molecule has 0 N–H and O–H groups in total. The van der Waals surface area contributed by atoms with Crippen molar-refractivity contribution in [1.82, 2.24) is 9.80 Å². The van der Waals surface area contributed by atoms with Crippen LogP contribution in [0.5, 0.6) is 11.5 Å². The van der Waals surface area contributed by atoms with Crippen molar-refractivity contribution in [3.8, 4) is 11.5 Å². The Morgan fingerprint density at radius 1 is 1.29 bits per heavy atom. The second kappa shape index (κ2) is 8.38. The minimum Gasteiger partial charge on any atom is -0.497 e. The molecule has 0 bridgehead atoms. The highest BCUT2D eigenvalue weighted by Crippen LogP contribution is 2.28. The molecular formula is C19H30N2O3. The summed E-state index contributed by atoms with van der Waals surface area (Å²) in [7, 11) is 5.34. The first-order valence-corrected chi connectivity index (χ1v) is 8.67. The number of ether oxygens (including phenoxy) is 2. The van der Waals surface area contributed by atoms with Crippen LogP contribution in [0.1, 0.15) is 32.3 Å². The van der Waals surface area contributed by atoms with E-state index in [4.69, 9.17) is 9.47 Å².